The van der Waals surface area contributed by atoms with Crippen LogP contribution in [0.4, 0.5) is 0 Å². The molecular formula is C13H14N2O2. The van der Waals surface area contributed by atoms with Crippen molar-refractivity contribution in [3.63, 3.8) is 0 Å². The molecule has 0 unspecified atom stereocenters. The second-order valence-electron chi connectivity index (χ2n) is 3.66. The lowest BCUT2D eigenvalue weighted by Gasteiger charge is -2.07. The highest BCUT2D eigenvalue weighted by molar-refractivity contribution is 5.91. The Labute approximate surface area is 100 Å². The Bertz CT molecular complexity index is 461. The van der Waals surface area contributed by atoms with Gasteiger partial charge in [0.15, 0.2) is 0 Å². The standard InChI is InChI=1S/C13H14N2O2/c1-10(9-16)15-13(17)6-5-11-3-2-4-12(7-11)8-14/h2-7,10,16H,9H2,1H3,(H,15,17)/b6-5+/t10-/m0/s1. The van der Waals surface area contributed by atoms with E-state index in [1.54, 1.807) is 37.3 Å². The van der Waals surface area contributed by atoms with E-state index in [-0.39, 0.29) is 18.6 Å². The van der Waals surface area contributed by atoms with Crippen molar-refractivity contribution in [3.05, 3.63) is 41.5 Å². The van der Waals surface area contributed by atoms with Crippen LogP contribution in [0.25, 0.3) is 6.08 Å². The van der Waals surface area contributed by atoms with Crippen molar-refractivity contribution >= 4 is 12.0 Å². The first-order valence-corrected chi connectivity index (χ1v) is 5.25. The molecule has 4 nitrogen and oxygen atoms in total. The lowest BCUT2D eigenvalue weighted by Crippen LogP contribution is -2.33. The van der Waals surface area contributed by atoms with Crippen LogP contribution in [-0.2, 0) is 4.79 Å². The van der Waals surface area contributed by atoms with Gasteiger partial charge < -0.3 is 10.4 Å². The van der Waals surface area contributed by atoms with Gasteiger partial charge in [0.2, 0.25) is 5.91 Å². The average Bonchev–Trinajstić information content (AvgIpc) is 2.36. The van der Waals surface area contributed by atoms with E-state index >= 15 is 0 Å². The van der Waals surface area contributed by atoms with Crippen LogP contribution in [0.5, 0.6) is 0 Å². The molecule has 0 heterocycles. The Morgan fingerprint density at radius 3 is 3.06 bits per heavy atom. The van der Waals surface area contributed by atoms with Gasteiger partial charge in [0, 0.05) is 12.1 Å². The molecule has 88 valence electrons. The maximum atomic E-state index is 11.4. The summed E-state index contributed by atoms with van der Waals surface area (Å²) in [5.41, 5.74) is 1.34. The minimum Gasteiger partial charge on any atom is -0.394 e. The predicted molar refractivity (Wildman–Crippen MR) is 64.9 cm³/mol. The smallest absolute Gasteiger partial charge is 0.244 e. The average molecular weight is 230 g/mol. The summed E-state index contributed by atoms with van der Waals surface area (Å²) >= 11 is 0. The maximum absolute atomic E-state index is 11.4. The molecule has 2 N–H and O–H groups in total. The van der Waals surface area contributed by atoms with Crippen LogP contribution in [0.15, 0.2) is 30.3 Å². The molecule has 1 aromatic rings. The van der Waals surface area contributed by atoms with Crippen LogP contribution in [0, 0.1) is 11.3 Å². The lowest BCUT2D eigenvalue weighted by molar-refractivity contribution is -0.117. The number of aliphatic hydroxyl groups excluding tert-OH is 1. The lowest BCUT2D eigenvalue weighted by atomic mass is 10.1. The topological polar surface area (TPSA) is 73.1 Å². The largest absolute Gasteiger partial charge is 0.394 e. The monoisotopic (exact) mass is 230 g/mol. The van der Waals surface area contributed by atoms with Crippen molar-refractivity contribution in [2.45, 2.75) is 13.0 Å². The third-order valence-electron chi connectivity index (χ3n) is 2.11. The molecule has 0 aliphatic rings. The first-order chi connectivity index (χ1) is 8.15. The first-order valence-electron chi connectivity index (χ1n) is 5.25. The third-order valence-corrected chi connectivity index (χ3v) is 2.11. The number of nitrogens with zero attached hydrogens (tertiary/aromatic N) is 1. The van der Waals surface area contributed by atoms with E-state index in [9.17, 15) is 4.79 Å². The van der Waals surface area contributed by atoms with Crippen molar-refractivity contribution in [2.24, 2.45) is 0 Å². The van der Waals surface area contributed by atoms with E-state index in [0.717, 1.165) is 5.56 Å². The molecule has 0 aliphatic carbocycles. The van der Waals surface area contributed by atoms with Gasteiger partial charge in [-0.15, -0.1) is 0 Å². The van der Waals surface area contributed by atoms with Crippen LogP contribution in [0.3, 0.4) is 0 Å². The number of carbonyl (C=O) groups excluding carboxylic acids is 1. The number of nitrogens with one attached hydrogen (secondary N) is 1. The molecule has 0 aromatic heterocycles. The normalized spacial score (nSPS) is 12.1. The second-order valence-corrected chi connectivity index (χ2v) is 3.66. The van der Waals surface area contributed by atoms with Gasteiger partial charge in [-0.2, -0.15) is 5.26 Å². The fourth-order valence-corrected chi connectivity index (χ4v) is 1.22. The summed E-state index contributed by atoms with van der Waals surface area (Å²) in [4.78, 5) is 11.4. The van der Waals surface area contributed by atoms with Crippen molar-refractivity contribution in [2.75, 3.05) is 6.61 Å². The minimum absolute atomic E-state index is 0.0938. The Hall–Kier alpha value is -2.12. The maximum Gasteiger partial charge on any atom is 0.244 e. The van der Waals surface area contributed by atoms with E-state index < -0.39 is 0 Å². The molecule has 0 fully saturated rings. The van der Waals surface area contributed by atoms with E-state index in [2.05, 4.69) is 5.32 Å². The van der Waals surface area contributed by atoms with Gasteiger partial charge in [-0.1, -0.05) is 12.1 Å². The molecule has 0 radical (unpaired) electrons. The number of amides is 1. The summed E-state index contributed by atoms with van der Waals surface area (Å²) in [6, 6.07) is 8.72. The molecule has 1 atom stereocenters. The predicted octanol–water partition coefficient (Wildman–Crippen LogP) is 1.07. The second kappa shape index (κ2) is 6.46. The fourth-order valence-electron chi connectivity index (χ4n) is 1.22. The number of hydrogen-bond acceptors (Lipinski definition) is 3. The Kier molecular flexibility index (Phi) is 4.92. The van der Waals surface area contributed by atoms with Gasteiger partial charge in [-0.3, -0.25) is 4.79 Å². The first kappa shape index (κ1) is 12.9. The molecule has 1 rings (SSSR count). The third kappa shape index (κ3) is 4.49. The SMILES string of the molecule is C[C@@H](CO)NC(=O)/C=C/c1cccc(C#N)c1. The van der Waals surface area contributed by atoms with Gasteiger partial charge in [-0.05, 0) is 30.7 Å². The molecular weight excluding hydrogens is 216 g/mol. The number of aliphatic hydroxyl groups is 1. The number of benzene rings is 1. The zero-order valence-corrected chi connectivity index (χ0v) is 9.55. The quantitative estimate of drug-likeness (QED) is 0.760. The number of nitriles is 1. The summed E-state index contributed by atoms with van der Waals surface area (Å²) in [7, 11) is 0. The number of carbonyl (C=O) groups is 1. The molecule has 4 heteroatoms. The molecule has 1 aromatic carbocycles. The van der Waals surface area contributed by atoms with Crippen molar-refractivity contribution in [3.8, 4) is 6.07 Å². The molecule has 17 heavy (non-hydrogen) atoms. The summed E-state index contributed by atoms with van der Waals surface area (Å²) in [6.45, 7) is 1.62. The van der Waals surface area contributed by atoms with Gasteiger partial charge >= 0.3 is 0 Å². The summed E-state index contributed by atoms with van der Waals surface area (Å²) in [6.07, 6.45) is 3.00. The van der Waals surface area contributed by atoms with Crippen LogP contribution in [0.1, 0.15) is 18.1 Å². The summed E-state index contributed by atoms with van der Waals surface area (Å²) in [5.74, 6) is -0.270. The zero-order valence-electron chi connectivity index (χ0n) is 9.55. The number of rotatable bonds is 4. The van der Waals surface area contributed by atoms with Gasteiger partial charge in [0.05, 0.1) is 18.2 Å². The van der Waals surface area contributed by atoms with E-state index in [1.165, 1.54) is 6.08 Å². The van der Waals surface area contributed by atoms with Crippen LogP contribution in [-0.4, -0.2) is 23.7 Å². The van der Waals surface area contributed by atoms with Gasteiger partial charge in [0.25, 0.3) is 0 Å². The van der Waals surface area contributed by atoms with Gasteiger partial charge in [0.1, 0.15) is 0 Å². The highest BCUT2D eigenvalue weighted by Gasteiger charge is 2.01. The fraction of sp³-hybridized carbons (Fsp3) is 0.231. The molecule has 0 saturated heterocycles. The molecule has 1 amide bonds. The highest BCUT2D eigenvalue weighted by Crippen LogP contribution is 2.05. The van der Waals surface area contributed by atoms with Crippen LogP contribution in [0.2, 0.25) is 0 Å². The number of hydrogen-bond donors (Lipinski definition) is 2. The van der Waals surface area contributed by atoms with E-state index in [1.807, 2.05) is 6.07 Å². The van der Waals surface area contributed by atoms with Crippen LogP contribution < -0.4 is 5.32 Å². The minimum atomic E-state index is -0.270. The Balaban J connectivity index is 2.64. The summed E-state index contributed by atoms with van der Waals surface area (Å²) in [5, 5.41) is 20.1. The summed E-state index contributed by atoms with van der Waals surface area (Å²) < 4.78 is 0. The van der Waals surface area contributed by atoms with E-state index in [4.69, 9.17) is 10.4 Å². The van der Waals surface area contributed by atoms with Crippen molar-refractivity contribution in [1.82, 2.24) is 5.32 Å². The van der Waals surface area contributed by atoms with E-state index in [0.29, 0.717) is 5.56 Å². The van der Waals surface area contributed by atoms with Crippen molar-refractivity contribution in [1.29, 1.82) is 5.26 Å². The molecule has 0 bridgehead atoms. The van der Waals surface area contributed by atoms with Crippen LogP contribution >= 0.6 is 0 Å². The highest BCUT2D eigenvalue weighted by atomic mass is 16.3. The zero-order chi connectivity index (χ0) is 12.7. The van der Waals surface area contributed by atoms with Crippen molar-refractivity contribution < 1.29 is 9.90 Å². The molecule has 0 saturated carbocycles. The Morgan fingerprint density at radius 2 is 2.41 bits per heavy atom. The Morgan fingerprint density at radius 1 is 1.65 bits per heavy atom. The molecule has 0 aliphatic heterocycles. The molecule has 0 spiro atoms. The van der Waals surface area contributed by atoms with Gasteiger partial charge in [-0.25, -0.2) is 0 Å².